The molecule has 0 aliphatic carbocycles. The van der Waals surface area contributed by atoms with Crippen LogP contribution >= 0.6 is 0 Å². The molecule has 9 heteroatoms. The first-order valence-electron chi connectivity index (χ1n) is 9.28. The first-order valence-corrected chi connectivity index (χ1v) is 10.9. The minimum Gasteiger partial charge on any atom is -0.349 e. The fourth-order valence-electron chi connectivity index (χ4n) is 3.31. The molecule has 8 nitrogen and oxygen atoms in total. The van der Waals surface area contributed by atoms with E-state index < -0.39 is 10.0 Å². The van der Waals surface area contributed by atoms with E-state index in [0.717, 1.165) is 5.69 Å². The van der Waals surface area contributed by atoms with Crippen molar-refractivity contribution in [2.45, 2.75) is 52.5 Å². The molecule has 2 aromatic rings. The number of carbonyl (C=O) groups excluding carboxylic acids is 1. The van der Waals surface area contributed by atoms with E-state index in [0.29, 0.717) is 48.3 Å². The monoisotopic (exact) mass is 394 g/mol. The van der Waals surface area contributed by atoms with Gasteiger partial charge in [-0.3, -0.25) is 4.79 Å². The lowest BCUT2D eigenvalue weighted by Crippen LogP contribution is -2.46. The fourth-order valence-corrected chi connectivity index (χ4v) is 4.44. The number of hydrogen-bond acceptors (Lipinski definition) is 6. The van der Waals surface area contributed by atoms with Crippen LogP contribution in [0.25, 0.3) is 11.1 Å². The summed E-state index contributed by atoms with van der Waals surface area (Å²) in [7, 11) is -3.18. The molecule has 1 aliphatic heterocycles. The average Bonchev–Trinajstić information content (AvgIpc) is 3.02. The molecule has 1 amide bonds. The summed E-state index contributed by atoms with van der Waals surface area (Å²) >= 11 is 0. The van der Waals surface area contributed by atoms with Gasteiger partial charge in [0.05, 0.1) is 22.4 Å². The predicted octanol–water partition coefficient (Wildman–Crippen LogP) is 2.20. The quantitative estimate of drug-likeness (QED) is 0.833. The van der Waals surface area contributed by atoms with Gasteiger partial charge in [-0.2, -0.15) is 0 Å². The van der Waals surface area contributed by atoms with E-state index in [-0.39, 0.29) is 23.6 Å². The highest BCUT2D eigenvalue weighted by molar-refractivity contribution is 7.89. The van der Waals surface area contributed by atoms with E-state index in [1.165, 1.54) is 4.31 Å². The number of sulfonamides is 1. The van der Waals surface area contributed by atoms with E-state index in [2.05, 4.69) is 15.5 Å². The number of nitrogens with zero attached hydrogens (tertiary/aromatic N) is 3. The van der Waals surface area contributed by atoms with Crippen LogP contribution in [0.1, 0.15) is 61.3 Å². The highest BCUT2D eigenvalue weighted by atomic mass is 32.2. The molecule has 3 rings (SSSR count). The lowest BCUT2D eigenvalue weighted by molar-refractivity contribution is 0.0925. The number of aryl methyl sites for hydroxylation is 1. The predicted molar refractivity (Wildman–Crippen MR) is 102 cm³/mol. The maximum atomic E-state index is 12.9. The standard InChI is InChI=1S/C18H26N4O4S/c1-5-27(24,25)22-8-6-13(7-9-22)19-17(23)14-10-15(11(2)3)20-18-16(14)12(4)21-26-18/h10-11,13H,5-9H2,1-4H3,(H,19,23). The van der Waals surface area contributed by atoms with Crippen molar-refractivity contribution in [2.75, 3.05) is 18.8 Å². The first-order chi connectivity index (χ1) is 12.7. The normalized spacial score (nSPS) is 16.9. The highest BCUT2D eigenvalue weighted by Gasteiger charge is 2.28. The maximum absolute atomic E-state index is 12.9. The molecule has 0 atom stereocenters. The van der Waals surface area contributed by atoms with Crippen LogP contribution in [0, 0.1) is 6.92 Å². The van der Waals surface area contributed by atoms with Gasteiger partial charge in [0.15, 0.2) is 0 Å². The summed E-state index contributed by atoms with van der Waals surface area (Å²) in [6.07, 6.45) is 1.19. The minimum absolute atomic E-state index is 0.0633. The van der Waals surface area contributed by atoms with Gasteiger partial charge in [-0.05, 0) is 38.7 Å². The van der Waals surface area contributed by atoms with Crippen molar-refractivity contribution in [3.8, 4) is 0 Å². The minimum atomic E-state index is -3.18. The second kappa shape index (κ2) is 7.55. The van der Waals surface area contributed by atoms with Crippen LogP contribution < -0.4 is 5.32 Å². The third kappa shape index (κ3) is 3.98. The van der Waals surface area contributed by atoms with Gasteiger partial charge in [0.2, 0.25) is 10.0 Å². The lowest BCUT2D eigenvalue weighted by atomic mass is 10.0. The van der Waals surface area contributed by atoms with Crippen molar-refractivity contribution in [2.24, 2.45) is 0 Å². The number of fused-ring (bicyclic) bond motifs is 1. The molecular formula is C18H26N4O4S. The van der Waals surface area contributed by atoms with Crippen molar-refractivity contribution in [3.05, 3.63) is 23.0 Å². The molecule has 2 aromatic heterocycles. The molecule has 0 bridgehead atoms. The summed E-state index contributed by atoms with van der Waals surface area (Å²) in [6.45, 7) is 8.29. The second-order valence-corrected chi connectivity index (χ2v) is 9.50. The Kier molecular flexibility index (Phi) is 5.53. The smallest absolute Gasteiger partial charge is 0.259 e. The van der Waals surface area contributed by atoms with E-state index in [9.17, 15) is 13.2 Å². The molecule has 0 aromatic carbocycles. The molecule has 1 fully saturated rings. The zero-order valence-corrected chi connectivity index (χ0v) is 17.0. The van der Waals surface area contributed by atoms with Crippen molar-refractivity contribution in [3.63, 3.8) is 0 Å². The number of carbonyl (C=O) groups is 1. The van der Waals surface area contributed by atoms with Crippen LogP contribution in [0.2, 0.25) is 0 Å². The summed E-state index contributed by atoms with van der Waals surface area (Å²) in [5.41, 5.74) is 2.27. The Hall–Kier alpha value is -2.00. The Balaban J connectivity index is 1.78. The van der Waals surface area contributed by atoms with Gasteiger partial charge in [0, 0.05) is 24.8 Å². The largest absolute Gasteiger partial charge is 0.349 e. The lowest BCUT2D eigenvalue weighted by Gasteiger charge is -2.31. The molecule has 27 heavy (non-hydrogen) atoms. The van der Waals surface area contributed by atoms with E-state index in [1.54, 1.807) is 19.9 Å². The number of pyridine rings is 1. The van der Waals surface area contributed by atoms with Crippen LogP contribution in [-0.4, -0.2) is 53.7 Å². The van der Waals surface area contributed by atoms with Crippen LogP contribution in [0.5, 0.6) is 0 Å². The zero-order chi connectivity index (χ0) is 19.8. The van der Waals surface area contributed by atoms with Gasteiger partial charge in [-0.1, -0.05) is 19.0 Å². The number of nitrogens with one attached hydrogen (secondary N) is 1. The zero-order valence-electron chi connectivity index (χ0n) is 16.2. The van der Waals surface area contributed by atoms with E-state index >= 15 is 0 Å². The Bertz CT molecular complexity index is 944. The summed E-state index contributed by atoms with van der Waals surface area (Å²) in [4.78, 5) is 17.4. The summed E-state index contributed by atoms with van der Waals surface area (Å²) in [5, 5.41) is 7.61. The van der Waals surface area contributed by atoms with Crippen LogP contribution in [0.15, 0.2) is 10.6 Å². The molecule has 0 saturated carbocycles. The van der Waals surface area contributed by atoms with Crippen molar-refractivity contribution >= 4 is 27.0 Å². The molecule has 3 heterocycles. The SMILES string of the molecule is CCS(=O)(=O)N1CCC(NC(=O)c2cc(C(C)C)nc3onc(C)c23)CC1. The van der Waals surface area contributed by atoms with E-state index in [4.69, 9.17) is 4.52 Å². The average molecular weight is 394 g/mol. The van der Waals surface area contributed by atoms with Gasteiger partial charge in [0.25, 0.3) is 11.6 Å². The van der Waals surface area contributed by atoms with Crippen molar-refractivity contribution in [1.82, 2.24) is 19.8 Å². The van der Waals surface area contributed by atoms with Gasteiger partial charge < -0.3 is 9.84 Å². The van der Waals surface area contributed by atoms with E-state index in [1.807, 2.05) is 13.8 Å². The number of rotatable bonds is 5. The van der Waals surface area contributed by atoms with Crippen LogP contribution in [0.4, 0.5) is 0 Å². The number of piperidine rings is 1. The molecule has 0 radical (unpaired) electrons. The Labute approximate surface area is 159 Å². The number of hydrogen-bond donors (Lipinski definition) is 1. The van der Waals surface area contributed by atoms with Crippen molar-refractivity contribution < 1.29 is 17.7 Å². The van der Waals surface area contributed by atoms with Gasteiger partial charge >= 0.3 is 0 Å². The third-order valence-corrected chi connectivity index (χ3v) is 6.90. The first kappa shape index (κ1) is 19.8. The third-order valence-electron chi connectivity index (χ3n) is 5.02. The molecular weight excluding hydrogens is 368 g/mol. The van der Waals surface area contributed by atoms with Crippen molar-refractivity contribution in [1.29, 1.82) is 0 Å². The molecule has 0 unspecified atom stereocenters. The van der Waals surface area contributed by atoms with Crippen LogP contribution in [-0.2, 0) is 10.0 Å². The van der Waals surface area contributed by atoms with Gasteiger partial charge in [0.1, 0.15) is 0 Å². The Morgan fingerprint density at radius 1 is 1.37 bits per heavy atom. The summed E-state index contributed by atoms with van der Waals surface area (Å²) in [6, 6.07) is 1.73. The second-order valence-electron chi connectivity index (χ2n) is 7.24. The number of amides is 1. The van der Waals surface area contributed by atoms with Gasteiger partial charge in [-0.25, -0.2) is 17.7 Å². The molecule has 1 saturated heterocycles. The molecule has 1 aliphatic rings. The van der Waals surface area contributed by atoms with Gasteiger partial charge in [-0.15, -0.1) is 0 Å². The molecule has 0 spiro atoms. The summed E-state index contributed by atoms with van der Waals surface area (Å²) < 4.78 is 30.7. The topological polar surface area (TPSA) is 105 Å². The Morgan fingerprint density at radius 2 is 2.04 bits per heavy atom. The molecule has 1 N–H and O–H groups in total. The fraction of sp³-hybridized carbons (Fsp3) is 0.611. The molecule has 148 valence electrons. The number of aromatic nitrogens is 2. The van der Waals surface area contributed by atoms with Crippen LogP contribution in [0.3, 0.4) is 0 Å². The highest BCUT2D eigenvalue weighted by Crippen LogP contribution is 2.25. The maximum Gasteiger partial charge on any atom is 0.259 e. The summed E-state index contributed by atoms with van der Waals surface area (Å²) in [5.74, 6) is 0.0466. The Morgan fingerprint density at radius 3 is 2.63 bits per heavy atom.